The lowest BCUT2D eigenvalue weighted by Crippen LogP contribution is -2.30. The van der Waals surface area contributed by atoms with E-state index >= 15 is 0 Å². The van der Waals surface area contributed by atoms with Gasteiger partial charge in [-0.05, 0) is 31.0 Å². The lowest BCUT2D eigenvalue weighted by molar-refractivity contribution is -0.660. The summed E-state index contributed by atoms with van der Waals surface area (Å²) in [4.78, 5) is 0. The summed E-state index contributed by atoms with van der Waals surface area (Å²) in [7, 11) is 2.01. The molecule has 0 saturated carbocycles. The Balaban J connectivity index is 2.18. The third kappa shape index (κ3) is 2.04. The summed E-state index contributed by atoms with van der Waals surface area (Å²) in [5.74, 6) is -0.323. The molecule has 2 aromatic heterocycles. The molecule has 4 aromatic rings. The number of hydrogen-bond acceptors (Lipinski definition) is 1. The standard InChI is InChI=1S/C20H17FNO/c1-12-9-10-22(3)17(11-12)18-13(2)7-8-15-14-5-4-6-16(21)19(14)23-20(15)18/h4-11H,1-3H3/q+1. The maximum Gasteiger partial charge on any atom is 0.216 e. The fourth-order valence-corrected chi connectivity index (χ4v) is 3.17. The van der Waals surface area contributed by atoms with Crippen molar-refractivity contribution in [2.75, 3.05) is 0 Å². The summed E-state index contributed by atoms with van der Waals surface area (Å²) in [5, 5.41) is 1.76. The lowest BCUT2D eigenvalue weighted by Gasteiger charge is -2.06. The van der Waals surface area contributed by atoms with Crippen molar-refractivity contribution in [1.82, 2.24) is 0 Å². The highest BCUT2D eigenvalue weighted by molar-refractivity contribution is 6.09. The lowest BCUT2D eigenvalue weighted by atomic mass is 10.00. The Morgan fingerprint density at radius 3 is 2.57 bits per heavy atom. The number of halogens is 1. The van der Waals surface area contributed by atoms with Crippen LogP contribution in [0, 0.1) is 19.7 Å². The van der Waals surface area contributed by atoms with E-state index in [1.807, 2.05) is 25.4 Å². The fraction of sp³-hybridized carbons (Fsp3) is 0.150. The molecule has 2 aromatic carbocycles. The number of nitrogens with zero attached hydrogens (tertiary/aromatic N) is 1. The van der Waals surface area contributed by atoms with Crippen LogP contribution in [0.25, 0.3) is 33.2 Å². The van der Waals surface area contributed by atoms with E-state index in [9.17, 15) is 4.39 Å². The number of aromatic nitrogens is 1. The fourth-order valence-electron chi connectivity index (χ4n) is 3.17. The van der Waals surface area contributed by atoms with Gasteiger partial charge in [-0.15, -0.1) is 0 Å². The molecule has 2 nitrogen and oxygen atoms in total. The molecule has 0 aliphatic heterocycles. The van der Waals surface area contributed by atoms with Gasteiger partial charge < -0.3 is 4.42 Å². The Morgan fingerprint density at radius 1 is 0.957 bits per heavy atom. The van der Waals surface area contributed by atoms with Gasteiger partial charge in [-0.1, -0.05) is 24.3 Å². The van der Waals surface area contributed by atoms with Crippen molar-refractivity contribution in [2.24, 2.45) is 7.05 Å². The molecule has 23 heavy (non-hydrogen) atoms. The highest BCUT2D eigenvalue weighted by Crippen LogP contribution is 2.37. The van der Waals surface area contributed by atoms with Crippen molar-refractivity contribution in [3.05, 3.63) is 65.6 Å². The first-order valence-electron chi connectivity index (χ1n) is 7.63. The van der Waals surface area contributed by atoms with Gasteiger partial charge in [-0.3, -0.25) is 0 Å². The molecule has 0 saturated heterocycles. The molecule has 0 N–H and O–H groups in total. The molecule has 2 heterocycles. The smallest absolute Gasteiger partial charge is 0.216 e. The summed E-state index contributed by atoms with van der Waals surface area (Å²) >= 11 is 0. The molecule has 0 atom stereocenters. The highest BCUT2D eigenvalue weighted by Gasteiger charge is 2.21. The first-order valence-corrected chi connectivity index (χ1v) is 7.63. The number of pyridine rings is 1. The number of aryl methyl sites for hydroxylation is 3. The summed E-state index contributed by atoms with van der Waals surface area (Å²) in [6.45, 7) is 4.12. The van der Waals surface area contributed by atoms with Crippen LogP contribution in [-0.4, -0.2) is 0 Å². The van der Waals surface area contributed by atoms with Crippen LogP contribution in [0.4, 0.5) is 4.39 Å². The van der Waals surface area contributed by atoms with Gasteiger partial charge in [-0.2, -0.15) is 0 Å². The minimum Gasteiger partial charge on any atom is -0.452 e. The Kier molecular flexibility index (Phi) is 2.98. The SMILES string of the molecule is Cc1cc[n+](C)c(-c2c(C)ccc3c2oc2c(F)cccc23)c1. The van der Waals surface area contributed by atoms with Crippen molar-refractivity contribution in [3.63, 3.8) is 0 Å². The first-order chi connectivity index (χ1) is 11.1. The van der Waals surface area contributed by atoms with Gasteiger partial charge >= 0.3 is 0 Å². The summed E-state index contributed by atoms with van der Waals surface area (Å²) in [6.07, 6.45) is 2.03. The zero-order chi connectivity index (χ0) is 16.1. The van der Waals surface area contributed by atoms with E-state index in [-0.39, 0.29) is 5.82 Å². The van der Waals surface area contributed by atoms with Crippen LogP contribution in [0.5, 0.6) is 0 Å². The Hall–Kier alpha value is -2.68. The molecule has 0 unspecified atom stereocenters. The van der Waals surface area contributed by atoms with E-state index in [1.165, 1.54) is 11.6 Å². The van der Waals surface area contributed by atoms with Crippen molar-refractivity contribution in [2.45, 2.75) is 13.8 Å². The average Bonchev–Trinajstić information content (AvgIpc) is 2.90. The molecule has 3 heteroatoms. The maximum absolute atomic E-state index is 14.1. The summed E-state index contributed by atoms with van der Waals surface area (Å²) < 4.78 is 22.1. The van der Waals surface area contributed by atoms with Gasteiger partial charge in [0.05, 0.1) is 5.56 Å². The predicted molar refractivity (Wildman–Crippen MR) is 89.8 cm³/mol. The molecular weight excluding hydrogens is 289 g/mol. The molecule has 0 bridgehead atoms. The molecule has 114 valence electrons. The van der Waals surface area contributed by atoms with E-state index < -0.39 is 0 Å². The van der Waals surface area contributed by atoms with E-state index in [1.54, 1.807) is 6.07 Å². The van der Waals surface area contributed by atoms with Crippen molar-refractivity contribution < 1.29 is 13.4 Å². The van der Waals surface area contributed by atoms with Crippen LogP contribution < -0.4 is 4.57 Å². The minimum absolute atomic E-state index is 0.323. The number of rotatable bonds is 1. The van der Waals surface area contributed by atoms with Gasteiger partial charge in [0.25, 0.3) is 0 Å². The number of furan rings is 1. The number of para-hydroxylation sites is 1. The molecule has 0 aliphatic carbocycles. The topological polar surface area (TPSA) is 17.0 Å². The quantitative estimate of drug-likeness (QED) is 0.460. The second-order valence-electron chi connectivity index (χ2n) is 6.05. The van der Waals surface area contributed by atoms with Gasteiger partial charge in [0.2, 0.25) is 5.69 Å². The van der Waals surface area contributed by atoms with Gasteiger partial charge in [0.1, 0.15) is 12.6 Å². The molecule has 0 fully saturated rings. The Labute approximate surface area is 133 Å². The summed E-state index contributed by atoms with van der Waals surface area (Å²) in [6, 6.07) is 13.3. The second kappa shape index (κ2) is 4.92. The Bertz CT molecular complexity index is 1060. The Morgan fingerprint density at radius 2 is 1.74 bits per heavy atom. The summed E-state index contributed by atoms with van der Waals surface area (Å²) in [5.41, 5.74) is 5.43. The van der Waals surface area contributed by atoms with E-state index in [0.717, 1.165) is 33.2 Å². The number of hydrogen-bond donors (Lipinski definition) is 0. The van der Waals surface area contributed by atoms with Crippen molar-refractivity contribution in [3.8, 4) is 11.3 Å². The third-order valence-electron chi connectivity index (χ3n) is 4.39. The predicted octanol–water partition coefficient (Wildman–Crippen LogP) is 4.83. The number of benzene rings is 2. The molecular formula is C20H17FNO+. The van der Waals surface area contributed by atoms with Gasteiger partial charge in [0.15, 0.2) is 17.6 Å². The van der Waals surface area contributed by atoms with E-state index in [2.05, 4.69) is 36.6 Å². The van der Waals surface area contributed by atoms with Crippen LogP contribution in [0.3, 0.4) is 0 Å². The van der Waals surface area contributed by atoms with Crippen LogP contribution in [0.1, 0.15) is 11.1 Å². The zero-order valence-electron chi connectivity index (χ0n) is 13.4. The van der Waals surface area contributed by atoms with Crippen LogP contribution >= 0.6 is 0 Å². The maximum atomic E-state index is 14.1. The molecule has 0 radical (unpaired) electrons. The average molecular weight is 306 g/mol. The highest BCUT2D eigenvalue weighted by atomic mass is 19.1. The van der Waals surface area contributed by atoms with E-state index in [0.29, 0.717) is 5.58 Å². The molecule has 0 spiro atoms. The van der Waals surface area contributed by atoms with Gasteiger partial charge in [0, 0.05) is 22.9 Å². The largest absolute Gasteiger partial charge is 0.452 e. The zero-order valence-corrected chi connectivity index (χ0v) is 13.4. The molecule has 0 amide bonds. The normalized spacial score (nSPS) is 11.5. The minimum atomic E-state index is -0.323. The monoisotopic (exact) mass is 306 g/mol. The van der Waals surface area contributed by atoms with Crippen LogP contribution in [0.15, 0.2) is 53.1 Å². The van der Waals surface area contributed by atoms with E-state index in [4.69, 9.17) is 4.42 Å². The van der Waals surface area contributed by atoms with Crippen molar-refractivity contribution >= 4 is 21.9 Å². The molecule has 4 rings (SSSR count). The van der Waals surface area contributed by atoms with Crippen LogP contribution in [-0.2, 0) is 7.05 Å². The molecule has 0 aliphatic rings. The third-order valence-corrected chi connectivity index (χ3v) is 4.39. The van der Waals surface area contributed by atoms with Crippen molar-refractivity contribution in [1.29, 1.82) is 0 Å². The first kappa shape index (κ1) is 13.9. The van der Waals surface area contributed by atoms with Crippen LogP contribution in [0.2, 0.25) is 0 Å². The second-order valence-corrected chi connectivity index (χ2v) is 6.05. The number of fused-ring (bicyclic) bond motifs is 3. The van der Waals surface area contributed by atoms with Gasteiger partial charge in [-0.25, -0.2) is 8.96 Å².